The third-order valence-corrected chi connectivity index (χ3v) is 5.01. The Bertz CT molecular complexity index is 338. The van der Waals surface area contributed by atoms with Gasteiger partial charge in [0.15, 0.2) is 0 Å². The van der Waals surface area contributed by atoms with Gasteiger partial charge in [0.1, 0.15) is 0 Å². The number of hydrogen-bond donors (Lipinski definition) is 2. The minimum atomic E-state index is 0.126. The minimum Gasteiger partial charge on any atom is -0.368 e. The Hall–Kier alpha value is -0.400. The Labute approximate surface area is 107 Å². The number of nitrogens with zero attached hydrogens (tertiary/aromatic N) is 3. The van der Waals surface area contributed by atoms with Crippen LogP contribution in [0.2, 0.25) is 5.28 Å². The molecule has 2 heterocycles. The number of anilines is 2. The van der Waals surface area contributed by atoms with Crippen LogP contribution in [0.5, 0.6) is 0 Å². The third-order valence-electron chi connectivity index (χ3n) is 2.00. The van der Waals surface area contributed by atoms with Crippen molar-refractivity contribution in [3.8, 4) is 0 Å². The number of halogens is 1. The Morgan fingerprint density at radius 1 is 1.38 bits per heavy atom. The maximum absolute atomic E-state index is 5.68. The summed E-state index contributed by atoms with van der Waals surface area (Å²) in [6, 6.07) is 0. The van der Waals surface area contributed by atoms with Gasteiger partial charge in [-0.25, -0.2) is 0 Å². The summed E-state index contributed by atoms with van der Waals surface area (Å²) < 4.78 is 0. The van der Waals surface area contributed by atoms with E-state index in [0.717, 1.165) is 12.3 Å². The fourth-order valence-corrected chi connectivity index (χ4v) is 4.08. The molecule has 3 N–H and O–H groups in total. The number of nitrogens with one attached hydrogen (secondary N) is 1. The second-order valence-corrected chi connectivity index (χ2v) is 6.13. The molecule has 0 spiro atoms. The Kier molecular flexibility index (Phi) is 4.37. The van der Waals surface area contributed by atoms with Gasteiger partial charge in [0.05, 0.1) is 0 Å². The summed E-state index contributed by atoms with van der Waals surface area (Å²) in [5.74, 6) is 4.20. The summed E-state index contributed by atoms with van der Waals surface area (Å²) in [6.07, 6.45) is 0. The van der Waals surface area contributed by atoms with E-state index in [1.807, 2.05) is 23.5 Å². The molecule has 1 aromatic rings. The van der Waals surface area contributed by atoms with E-state index in [9.17, 15) is 0 Å². The molecule has 16 heavy (non-hydrogen) atoms. The van der Waals surface area contributed by atoms with E-state index in [-0.39, 0.29) is 11.2 Å². The summed E-state index contributed by atoms with van der Waals surface area (Å²) in [5.41, 5.74) is 5.47. The molecule has 0 saturated carbocycles. The van der Waals surface area contributed by atoms with E-state index in [2.05, 4.69) is 20.3 Å². The number of aromatic nitrogens is 3. The van der Waals surface area contributed by atoms with Gasteiger partial charge in [-0.1, -0.05) is 0 Å². The standard InChI is InChI=1S/C8H12ClN5S2/c9-6-12-7(10)14-8(13-6)11-3-5-4-15-1-2-16-5/h5H,1-4H2,(H3,10,11,12,13,14). The molecule has 1 aliphatic heterocycles. The first-order valence-corrected chi connectivity index (χ1v) is 7.42. The quantitative estimate of drug-likeness (QED) is 0.864. The molecule has 5 nitrogen and oxygen atoms in total. The molecule has 1 aromatic heterocycles. The molecule has 2 rings (SSSR count). The van der Waals surface area contributed by atoms with Crippen LogP contribution < -0.4 is 11.1 Å². The van der Waals surface area contributed by atoms with Crippen LogP contribution in [0.15, 0.2) is 0 Å². The van der Waals surface area contributed by atoms with Crippen LogP contribution in [-0.2, 0) is 0 Å². The molecular formula is C8H12ClN5S2. The molecule has 88 valence electrons. The lowest BCUT2D eigenvalue weighted by molar-refractivity contribution is 0.960. The van der Waals surface area contributed by atoms with Gasteiger partial charge in [0, 0.05) is 29.1 Å². The van der Waals surface area contributed by atoms with Crippen molar-refractivity contribution in [3.05, 3.63) is 5.28 Å². The van der Waals surface area contributed by atoms with Crippen molar-refractivity contribution in [2.45, 2.75) is 5.25 Å². The minimum absolute atomic E-state index is 0.126. The van der Waals surface area contributed by atoms with Gasteiger partial charge >= 0.3 is 0 Å². The Morgan fingerprint density at radius 2 is 2.25 bits per heavy atom. The molecule has 0 aliphatic carbocycles. The number of rotatable bonds is 3. The molecule has 8 heteroatoms. The summed E-state index contributed by atoms with van der Waals surface area (Å²) in [7, 11) is 0. The zero-order valence-electron chi connectivity index (χ0n) is 8.52. The van der Waals surface area contributed by atoms with Gasteiger partial charge in [0.2, 0.25) is 17.2 Å². The first-order valence-electron chi connectivity index (χ1n) is 4.84. The number of hydrogen-bond acceptors (Lipinski definition) is 7. The second-order valence-electron chi connectivity index (χ2n) is 3.23. The van der Waals surface area contributed by atoms with E-state index in [1.54, 1.807) is 0 Å². The lowest BCUT2D eigenvalue weighted by atomic mass is 10.5. The number of nitrogen functional groups attached to an aromatic ring is 1. The van der Waals surface area contributed by atoms with E-state index in [1.165, 1.54) is 11.5 Å². The summed E-state index contributed by atoms with van der Waals surface area (Å²) in [5, 5.41) is 3.85. The average Bonchev–Trinajstić information content (AvgIpc) is 2.27. The molecular weight excluding hydrogens is 266 g/mol. The highest BCUT2D eigenvalue weighted by Crippen LogP contribution is 2.23. The van der Waals surface area contributed by atoms with Gasteiger partial charge in [-0.2, -0.15) is 38.5 Å². The van der Waals surface area contributed by atoms with Crippen LogP contribution in [0.3, 0.4) is 0 Å². The first kappa shape index (κ1) is 12.1. The predicted molar refractivity (Wildman–Crippen MR) is 71.3 cm³/mol. The first-order chi connectivity index (χ1) is 7.74. The van der Waals surface area contributed by atoms with E-state index >= 15 is 0 Å². The van der Waals surface area contributed by atoms with E-state index < -0.39 is 0 Å². The zero-order chi connectivity index (χ0) is 11.4. The van der Waals surface area contributed by atoms with Gasteiger partial charge in [-0.05, 0) is 11.6 Å². The predicted octanol–water partition coefficient (Wildman–Crippen LogP) is 1.37. The summed E-state index contributed by atoms with van der Waals surface area (Å²) in [4.78, 5) is 11.6. The van der Waals surface area contributed by atoms with Gasteiger partial charge < -0.3 is 11.1 Å². The van der Waals surface area contributed by atoms with E-state index in [0.29, 0.717) is 11.2 Å². The topological polar surface area (TPSA) is 76.7 Å². The zero-order valence-corrected chi connectivity index (χ0v) is 10.9. The lowest BCUT2D eigenvalue weighted by Crippen LogP contribution is -2.24. The maximum atomic E-state index is 5.68. The molecule has 1 fully saturated rings. The Morgan fingerprint density at radius 3 is 2.94 bits per heavy atom. The highest BCUT2D eigenvalue weighted by Gasteiger charge is 2.14. The normalized spacial score (nSPS) is 20.7. The third kappa shape index (κ3) is 3.57. The highest BCUT2D eigenvalue weighted by atomic mass is 35.5. The smallest absolute Gasteiger partial charge is 0.228 e. The lowest BCUT2D eigenvalue weighted by Gasteiger charge is -2.20. The van der Waals surface area contributed by atoms with Crippen molar-refractivity contribution in [2.24, 2.45) is 0 Å². The van der Waals surface area contributed by atoms with Crippen LogP contribution in [0.4, 0.5) is 11.9 Å². The van der Waals surface area contributed by atoms with Crippen molar-refractivity contribution in [1.82, 2.24) is 15.0 Å². The van der Waals surface area contributed by atoms with Gasteiger partial charge in [0.25, 0.3) is 0 Å². The second kappa shape index (κ2) is 5.79. The molecule has 1 atom stereocenters. The molecule has 1 aliphatic rings. The van der Waals surface area contributed by atoms with Crippen molar-refractivity contribution in [2.75, 3.05) is 34.9 Å². The molecule has 1 unspecified atom stereocenters. The van der Waals surface area contributed by atoms with Crippen molar-refractivity contribution < 1.29 is 0 Å². The fourth-order valence-electron chi connectivity index (χ4n) is 1.30. The van der Waals surface area contributed by atoms with E-state index in [4.69, 9.17) is 17.3 Å². The number of thioether (sulfide) groups is 2. The Balaban J connectivity index is 1.88. The number of nitrogens with two attached hydrogens (primary N) is 1. The molecule has 1 saturated heterocycles. The van der Waals surface area contributed by atoms with Crippen molar-refractivity contribution in [1.29, 1.82) is 0 Å². The average molecular weight is 278 g/mol. The highest BCUT2D eigenvalue weighted by molar-refractivity contribution is 8.06. The molecule has 0 amide bonds. The SMILES string of the molecule is Nc1nc(Cl)nc(NCC2CSCCS2)n1. The molecule has 0 bridgehead atoms. The van der Waals surface area contributed by atoms with Crippen molar-refractivity contribution >= 4 is 47.0 Å². The molecule has 0 radical (unpaired) electrons. The fraction of sp³-hybridized carbons (Fsp3) is 0.625. The summed E-state index contributed by atoms with van der Waals surface area (Å²) in [6.45, 7) is 0.831. The van der Waals surface area contributed by atoms with Crippen LogP contribution in [0.25, 0.3) is 0 Å². The van der Waals surface area contributed by atoms with Gasteiger partial charge in [-0.15, -0.1) is 0 Å². The monoisotopic (exact) mass is 277 g/mol. The van der Waals surface area contributed by atoms with Gasteiger partial charge in [-0.3, -0.25) is 0 Å². The van der Waals surface area contributed by atoms with Crippen LogP contribution in [-0.4, -0.2) is 44.0 Å². The van der Waals surface area contributed by atoms with Crippen LogP contribution in [0, 0.1) is 0 Å². The summed E-state index contributed by atoms with van der Waals surface area (Å²) >= 11 is 9.63. The maximum Gasteiger partial charge on any atom is 0.228 e. The molecule has 0 aromatic carbocycles. The van der Waals surface area contributed by atoms with Crippen molar-refractivity contribution in [3.63, 3.8) is 0 Å². The van der Waals surface area contributed by atoms with Crippen LogP contribution in [0.1, 0.15) is 0 Å². The largest absolute Gasteiger partial charge is 0.368 e. The van der Waals surface area contributed by atoms with Crippen LogP contribution >= 0.6 is 35.1 Å².